The molecule has 10 heteroatoms. The van der Waals surface area contributed by atoms with Crippen LogP contribution in [0.3, 0.4) is 0 Å². The van der Waals surface area contributed by atoms with Gasteiger partial charge in [0.1, 0.15) is 0 Å². The van der Waals surface area contributed by atoms with E-state index in [1.165, 1.54) is 20.0 Å². The fraction of sp³-hybridized carbons (Fsp3) is 0.500. The van der Waals surface area contributed by atoms with Crippen LogP contribution >= 0.6 is 0 Å². The molecule has 2 N–H and O–H groups in total. The number of carbonyl (C=O) groups excluding carboxylic acids is 1. The molecule has 8 nitrogen and oxygen atoms in total. The molecule has 134 valence electrons. The van der Waals surface area contributed by atoms with Crippen LogP contribution in [-0.2, 0) is 37.8 Å². The van der Waals surface area contributed by atoms with Crippen molar-refractivity contribution in [2.24, 2.45) is 0 Å². The smallest absolute Gasteiger partial charge is 0.240 e. The van der Waals surface area contributed by atoms with Crippen molar-refractivity contribution in [2.75, 3.05) is 25.9 Å². The van der Waals surface area contributed by atoms with E-state index in [9.17, 15) is 21.6 Å². The lowest BCUT2D eigenvalue weighted by Gasteiger charge is -2.28. The van der Waals surface area contributed by atoms with Gasteiger partial charge in [0.2, 0.25) is 26.0 Å². The summed E-state index contributed by atoms with van der Waals surface area (Å²) < 4.78 is 51.7. The van der Waals surface area contributed by atoms with Crippen LogP contribution in [-0.4, -0.2) is 53.5 Å². The predicted molar refractivity (Wildman–Crippen MR) is 89.3 cm³/mol. The van der Waals surface area contributed by atoms with Gasteiger partial charge in [0.05, 0.1) is 10.6 Å². The maximum atomic E-state index is 12.3. The van der Waals surface area contributed by atoms with Gasteiger partial charge in [-0.15, -0.1) is 0 Å². The van der Waals surface area contributed by atoms with Crippen molar-refractivity contribution < 1.29 is 21.6 Å². The average Bonchev–Trinajstić information content (AvgIpc) is 2.53. The van der Waals surface area contributed by atoms with Gasteiger partial charge in [-0.3, -0.25) is 4.79 Å². The first kappa shape index (κ1) is 18.8. The van der Waals surface area contributed by atoms with E-state index in [1.54, 1.807) is 17.0 Å². The summed E-state index contributed by atoms with van der Waals surface area (Å²) >= 11 is 0. The second-order valence-corrected chi connectivity index (χ2v) is 9.35. The van der Waals surface area contributed by atoms with Crippen molar-refractivity contribution >= 4 is 26.0 Å². The number of fused-ring (bicyclic) bond motifs is 1. The Labute approximate surface area is 142 Å². The largest absolute Gasteiger partial charge is 0.338 e. The highest BCUT2D eigenvalue weighted by atomic mass is 32.2. The topological polar surface area (TPSA) is 113 Å². The Morgan fingerprint density at radius 1 is 1.21 bits per heavy atom. The molecule has 1 aliphatic heterocycles. The normalized spacial score (nSPS) is 15.2. The molecule has 0 spiro atoms. The first-order chi connectivity index (χ1) is 11.1. The maximum Gasteiger partial charge on any atom is 0.240 e. The van der Waals surface area contributed by atoms with E-state index in [-0.39, 0.29) is 23.1 Å². The van der Waals surface area contributed by atoms with Crippen molar-refractivity contribution in [3.63, 3.8) is 0 Å². The molecule has 0 atom stereocenters. The highest BCUT2D eigenvalue weighted by Crippen LogP contribution is 2.22. The first-order valence-electron chi connectivity index (χ1n) is 7.43. The minimum Gasteiger partial charge on any atom is -0.338 e. The van der Waals surface area contributed by atoms with Crippen LogP contribution in [0.2, 0.25) is 0 Å². The van der Waals surface area contributed by atoms with Crippen molar-refractivity contribution in [3.8, 4) is 0 Å². The Morgan fingerprint density at radius 3 is 2.54 bits per heavy atom. The van der Waals surface area contributed by atoms with Crippen LogP contribution < -0.4 is 9.44 Å². The third-order valence-electron chi connectivity index (χ3n) is 3.92. The first-order valence-corrected chi connectivity index (χ1v) is 10.6. The van der Waals surface area contributed by atoms with Crippen LogP contribution in [0.1, 0.15) is 18.1 Å². The zero-order chi connectivity index (χ0) is 18.0. The molecule has 0 saturated carbocycles. The Kier molecular flexibility index (Phi) is 5.63. The summed E-state index contributed by atoms with van der Waals surface area (Å²) in [6.45, 7) is 2.26. The zero-order valence-electron chi connectivity index (χ0n) is 13.6. The minimum atomic E-state index is -3.81. The molecule has 1 amide bonds. The van der Waals surface area contributed by atoms with Crippen LogP contribution in [0.4, 0.5) is 0 Å². The summed E-state index contributed by atoms with van der Waals surface area (Å²) in [5.41, 5.74) is 1.81. The van der Waals surface area contributed by atoms with E-state index in [0.717, 1.165) is 11.1 Å². The van der Waals surface area contributed by atoms with E-state index >= 15 is 0 Å². The van der Waals surface area contributed by atoms with Gasteiger partial charge in [-0.2, -0.15) is 0 Å². The summed E-state index contributed by atoms with van der Waals surface area (Å²) in [6, 6.07) is 4.78. The lowest BCUT2D eigenvalue weighted by Crippen LogP contribution is -2.35. The zero-order valence-corrected chi connectivity index (χ0v) is 15.2. The molecular formula is C14H21N3O5S2. The number of amides is 1. The van der Waals surface area contributed by atoms with Gasteiger partial charge in [0, 0.05) is 26.6 Å². The van der Waals surface area contributed by atoms with Crippen molar-refractivity contribution in [1.82, 2.24) is 14.3 Å². The summed E-state index contributed by atoms with van der Waals surface area (Å²) in [6.07, 6.45) is 0.684. The van der Waals surface area contributed by atoms with Gasteiger partial charge >= 0.3 is 0 Å². The van der Waals surface area contributed by atoms with E-state index in [0.29, 0.717) is 19.5 Å². The number of benzene rings is 1. The Balaban J connectivity index is 2.14. The summed E-state index contributed by atoms with van der Waals surface area (Å²) in [5, 5.41) is 0. The molecule has 1 aromatic rings. The molecule has 0 unspecified atom stereocenters. The number of hydrogen-bond donors (Lipinski definition) is 2. The standard InChI is InChI=1S/C14H21N3O5S2/c1-11(18)17-7-5-12-3-4-14(9-13(12)10-17)24(21,22)16-6-8-23(19,20)15-2/h3-4,9,15-16H,5-8,10H2,1-2H3. The van der Waals surface area contributed by atoms with Gasteiger partial charge in [-0.1, -0.05) is 6.07 Å². The van der Waals surface area contributed by atoms with Gasteiger partial charge in [0.25, 0.3) is 0 Å². The van der Waals surface area contributed by atoms with Gasteiger partial charge in [-0.25, -0.2) is 26.3 Å². The summed E-state index contributed by atoms with van der Waals surface area (Å²) in [4.78, 5) is 13.2. The van der Waals surface area contributed by atoms with Gasteiger partial charge in [-0.05, 0) is 36.7 Å². The van der Waals surface area contributed by atoms with E-state index in [2.05, 4.69) is 9.44 Å². The summed E-state index contributed by atoms with van der Waals surface area (Å²) in [7, 11) is -6.01. The molecule has 24 heavy (non-hydrogen) atoms. The number of nitrogens with zero attached hydrogens (tertiary/aromatic N) is 1. The molecular weight excluding hydrogens is 354 g/mol. The highest BCUT2D eigenvalue weighted by Gasteiger charge is 2.22. The molecule has 1 aliphatic rings. The fourth-order valence-electron chi connectivity index (χ4n) is 2.47. The minimum absolute atomic E-state index is 0.0516. The van der Waals surface area contributed by atoms with Crippen LogP contribution in [0.25, 0.3) is 0 Å². The monoisotopic (exact) mass is 375 g/mol. The lowest BCUT2D eigenvalue weighted by atomic mass is 10.00. The van der Waals surface area contributed by atoms with Crippen molar-refractivity contribution in [3.05, 3.63) is 29.3 Å². The second kappa shape index (κ2) is 7.18. The molecule has 0 saturated heterocycles. The average molecular weight is 375 g/mol. The third-order valence-corrected chi connectivity index (χ3v) is 6.74. The Bertz CT molecular complexity index is 834. The van der Waals surface area contributed by atoms with Crippen molar-refractivity contribution in [2.45, 2.75) is 24.8 Å². The van der Waals surface area contributed by atoms with E-state index in [1.807, 2.05) is 0 Å². The maximum absolute atomic E-state index is 12.3. The van der Waals surface area contributed by atoms with Crippen molar-refractivity contribution in [1.29, 1.82) is 0 Å². The number of carbonyl (C=O) groups is 1. The molecule has 0 fully saturated rings. The van der Waals surface area contributed by atoms with Crippen LogP contribution in [0, 0.1) is 0 Å². The second-order valence-electron chi connectivity index (χ2n) is 5.54. The lowest BCUT2D eigenvalue weighted by molar-refractivity contribution is -0.129. The Morgan fingerprint density at radius 2 is 1.92 bits per heavy atom. The molecule has 0 radical (unpaired) electrons. The molecule has 1 aromatic carbocycles. The number of sulfonamides is 2. The fourth-order valence-corrected chi connectivity index (χ4v) is 4.25. The third kappa shape index (κ3) is 4.53. The van der Waals surface area contributed by atoms with Gasteiger partial charge < -0.3 is 4.90 Å². The van der Waals surface area contributed by atoms with Gasteiger partial charge in [0.15, 0.2) is 0 Å². The molecule has 0 aromatic heterocycles. The predicted octanol–water partition coefficient (Wildman–Crippen LogP) is -0.581. The molecule has 1 heterocycles. The number of nitrogens with one attached hydrogen (secondary N) is 2. The van der Waals surface area contributed by atoms with Crippen LogP contribution in [0.5, 0.6) is 0 Å². The molecule has 0 aliphatic carbocycles. The highest BCUT2D eigenvalue weighted by molar-refractivity contribution is 7.90. The van der Waals surface area contributed by atoms with Crippen LogP contribution in [0.15, 0.2) is 23.1 Å². The Hall–Kier alpha value is -1.49. The van der Waals surface area contributed by atoms with E-state index < -0.39 is 20.0 Å². The SMILES string of the molecule is CNS(=O)(=O)CCNS(=O)(=O)c1ccc2c(c1)CN(C(C)=O)CC2. The molecule has 0 bridgehead atoms. The van der Waals surface area contributed by atoms with E-state index in [4.69, 9.17) is 0 Å². The quantitative estimate of drug-likeness (QED) is 0.691. The summed E-state index contributed by atoms with van der Waals surface area (Å²) in [5.74, 6) is -0.393. The number of hydrogen-bond acceptors (Lipinski definition) is 5. The number of rotatable bonds is 6. The molecule has 2 rings (SSSR count).